The standard InChI is InChI=1S/C27H33N5O6/c1-16(2)25(23-14-24(30-38-23)37-12-11-33)27(36)32-15-21(34)13-22(32)26(35)29-17(3)19-5-7-20(8-6-19)31-10-9-28-18(31)4/h5-11,14,16-17,21-22,25,34H,12-13,15H2,1-4H3,(H,29,35)/t17-,21+,22-,25?/m0/s1. The molecule has 0 spiro atoms. The van der Waals surface area contributed by atoms with Crippen LogP contribution in [-0.2, 0) is 14.4 Å². The lowest BCUT2D eigenvalue weighted by Crippen LogP contribution is -2.48. The minimum atomic E-state index is -0.831. The van der Waals surface area contributed by atoms with Crippen molar-refractivity contribution in [1.82, 2.24) is 24.9 Å². The van der Waals surface area contributed by atoms with Crippen molar-refractivity contribution in [3.05, 3.63) is 59.9 Å². The number of ether oxygens (including phenoxy) is 1. The lowest BCUT2D eigenvalue weighted by molar-refractivity contribution is -0.141. The van der Waals surface area contributed by atoms with E-state index in [4.69, 9.17) is 9.26 Å². The Hall–Kier alpha value is -3.99. The Morgan fingerprint density at radius 2 is 2.00 bits per heavy atom. The van der Waals surface area contributed by atoms with Crippen LogP contribution in [0.15, 0.2) is 47.2 Å². The van der Waals surface area contributed by atoms with E-state index in [1.165, 1.54) is 11.0 Å². The molecule has 3 heterocycles. The fraction of sp³-hybridized carbons (Fsp3) is 0.444. The molecule has 0 bridgehead atoms. The van der Waals surface area contributed by atoms with Crippen molar-refractivity contribution >= 4 is 18.1 Å². The number of amides is 2. The molecule has 11 heteroatoms. The molecule has 38 heavy (non-hydrogen) atoms. The van der Waals surface area contributed by atoms with Gasteiger partial charge in [0.1, 0.15) is 24.4 Å². The zero-order valence-electron chi connectivity index (χ0n) is 21.9. The van der Waals surface area contributed by atoms with Gasteiger partial charge in [-0.2, -0.15) is 0 Å². The highest BCUT2D eigenvalue weighted by Crippen LogP contribution is 2.32. The maximum absolute atomic E-state index is 13.6. The Kier molecular flexibility index (Phi) is 8.26. The zero-order chi connectivity index (χ0) is 27.4. The lowest BCUT2D eigenvalue weighted by atomic mass is 9.91. The van der Waals surface area contributed by atoms with Gasteiger partial charge >= 0.3 is 0 Å². The highest BCUT2D eigenvalue weighted by atomic mass is 16.5. The molecule has 0 saturated carbocycles. The van der Waals surface area contributed by atoms with Crippen LogP contribution in [0.5, 0.6) is 5.88 Å². The number of hydrogen-bond donors (Lipinski definition) is 2. The molecule has 1 unspecified atom stereocenters. The SMILES string of the molecule is Cc1nccn1-c1ccc([C@H](C)NC(=O)[C@@H]2C[C@@H](O)CN2C(=O)C(c2cc(OCC=O)no2)C(C)C)cc1. The smallest absolute Gasteiger partial charge is 0.254 e. The highest BCUT2D eigenvalue weighted by Gasteiger charge is 2.43. The van der Waals surface area contributed by atoms with E-state index >= 15 is 0 Å². The van der Waals surface area contributed by atoms with Crippen LogP contribution in [0.25, 0.3) is 5.69 Å². The first kappa shape index (κ1) is 27.1. The van der Waals surface area contributed by atoms with E-state index in [1.807, 2.05) is 62.7 Å². The quantitative estimate of drug-likeness (QED) is 0.386. The minimum Gasteiger partial charge on any atom is -0.468 e. The average Bonchev–Trinajstić information content (AvgIpc) is 3.62. The number of likely N-dealkylation sites (tertiary alicyclic amines) is 1. The summed E-state index contributed by atoms with van der Waals surface area (Å²) in [6.07, 6.45) is 3.52. The molecule has 2 aromatic heterocycles. The topological polar surface area (TPSA) is 140 Å². The van der Waals surface area contributed by atoms with Gasteiger partial charge < -0.3 is 29.2 Å². The maximum Gasteiger partial charge on any atom is 0.254 e. The molecule has 2 N–H and O–H groups in total. The predicted molar refractivity (Wildman–Crippen MR) is 137 cm³/mol. The minimum absolute atomic E-state index is 0.0378. The number of hydrogen-bond acceptors (Lipinski definition) is 8. The Bertz CT molecular complexity index is 1270. The zero-order valence-corrected chi connectivity index (χ0v) is 21.9. The van der Waals surface area contributed by atoms with Gasteiger partial charge in [-0.3, -0.25) is 14.4 Å². The van der Waals surface area contributed by atoms with E-state index in [0.717, 1.165) is 17.1 Å². The molecule has 202 valence electrons. The van der Waals surface area contributed by atoms with E-state index in [9.17, 15) is 19.5 Å². The Morgan fingerprint density at radius 3 is 2.63 bits per heavy atom. The molecule has 1 aliphatic rings. The predicted octanol–water partition coefficient (Wildman–Crippen LogP) is 2.33. The molecule has 1 saturated heterocycles. The summed E-state index contributed by atoms with van der Waals surface area (Å²) in [6.45, 7) is 7.37. The molecule has 11 nitrogen and oxygen atoms in total. The summed E-state index contributed by atoms with van der Waals surface area (Å²) in [5.41, 5.74) is 1.87. The van der Waals surface area contributed by atoms with Gasteiger partial charge in [-0.05, 0) is 42.6 Å². The third-order valence-corrected chi connectivity index (χ3v) is 6.77. The van der Waals surface area contributed by atoms with Crippen molar-refractivity contribution in [2.75, 3.05) is 13.2 Å². The first-order valence-electron chi connectivity index (χ1n) is 12.6. The number of carbonyl (C=O) groups excluding carboxylic acids is 3. The van der Waals surface area contributed by atoms with Crippen LogP contribution in [0, 0.1) is 12.8 Å². The van der Waals surface area contributed by atoms with E-state index in [2.05, 4.69) is 15.5 Å². The van der Waals surface area contributed by atoms with Gasteiger partial charge in [-0.25, -0.2) is 4.98 Å². The first-order chi connectivity index (χ1) is 18.2. The molecule has 1 aromatic carbocycles. The molecular formula is C27H33N5O6. The van der Waals surface area contributed by atoms with Crippen LogP contribution >= 0.6 is 0 Å². The monoisotopic (exact) mass is 523 g/mol. The molecule has 1 aliphatic heterocycles. The summed E-state index contributed by atoms with van der Waals surface area (Å²) >= 11 is 0. The summed E-state index contributed by atoms with van der Waals surface area (Å²) in [7, 11) is 0. The highest BCUT2D eigenvalue weighted by molar-refractivity contribution is 5.91. The van der Waals surface area contributed by atoms with Gasteiger partial charge in [0, 0.05) is 37.1 Å². The van der Waals surface area contributed by atoms with Crippen LogP contribution < -0.4 is 10.1 Å². The second-order valence-corrected chi connectivity index (χ2v) is 9.83. The number of aliphatic hydroxyl groups is 1. The molecular weight excluding hydrogens is 490 g/mol. The van der Waals surface area contributed by atoms with Crippen molar-refractivity contribution in [1.29, 1.82) is 0 Å². The normalized spacial score (nSPS) is 18.8. The lowest BCUT2D eigenvalue weighted by Gasteiger charge is -2.29. The van der Waals surface area contributed by atoms with Crippen LogP contribution in [0.4, 0.5) is 0 Å². The van der Waals surface area contributed by atoms with Crippen molar-refractivity contribution in [3.8, 4) is 11.6 Å². The first-order valence-corrected chi connectivity index (χ1v) is 12.6. The third kappa shape index (κ3) is 5.77. The van der Waals surface area contributed by atoms with Crippen molar-refractivity contribution in [2.45, 2.75) is 58.2 Å². The number of aromatic nitrogens is 3. The summed E-state index contributed by atoms with van der Waals surface area (Å²) in [4.78, 5) is 43.2. The average molecular weight is 524 g/mol. The Balaban J connectivity index is 1.46. The third-order valence-electron chi connectivity index (χ3n) is 6.77. The number of carbonyl (C=O) groups is 3. The second-order valence-electron chi connectivity index (χ2n) is 9.83. The number of rotatable bonds is 10. The number of benzene rings is 1. The van der Waals surface area contributed by atoms with E-state index in [0.29, 0.717) is 6.29 Å². The number of aldehydes is 1. The van der Waals surface area contributed by atoms with Gasteiger partial charge in [0.25, 0.3) is 5.88 Å². The molecule has 0 radical (unpaired) electrons. The second kappa shape index (κ2) is 11.6. The van der Waals surface area contributed by atoms with Gasteiger partial charge in [0.15, 0.2) is 12.0 Å². The van der Waals surface area contributed by atoms with Gasteiger partial charge in [-0.15, -0.1) is 0 Å². The molecule has 1 fully saturated rings. The van der Waals surface area contributed by atoms with Crippen molar-refractivity contribution < 1.29 is 28.8 Å². The molecule has 4 rings (SSSR count). The van der Waals surface area contributed by atoms with Crippen LogP contribution in [0.2, 0.25) is 0 Å². The summed E-state index contributed by atoms with van der Waals surface area (Å²) in [5, 5.41) is 17.2. The van der Waals surface area contributed by atoms with E-state index < -0.39 is 18.1 Å². The van der Waals surface area contributed by atoms with E-state index in [1.54, 1.807) is 6.20 Å². The Morgan fingerprint density at radius 1 is 1.26 bits per heavy atom. The number of nitrogens with one attached hydrogen (secondary N) is 1. The summed E-state index contributed by atoms with van der Waals surface area (Å²) < 4.78 is 12.5. The van der Waals surface area contributed by atoms with Crippen LogP contribution in [0.3, 0.4) is 0 Å². The van der Waals surface area contributed by atoms with Crippen molar-refractivity contribution in [3.63, 3.8) is 0 Å². The summed E-state index contributed by atoms with van der Waals surface area (Å²) in [6, 6.07) is 8.12. The molecule has 3 aromatic rings. The fourth-order valence-electron chi connectivity index (χ4n) is 4.79. The largest absolute Gasteiger partial charge is 0.468 e. The number of β-amino-alcohol motifs (C(OH)–C–C–N with tert-alkyl or cyclic N) is 1. The number of aliphatic hydroxyl groups excluding tert-OH is 1. The number of aryl methyl sites for hydroxylation is 1. The maximum atomic E-state index is 13.6. The van der Waals surface area contributed by atoms with Crippen molar-refractivity contribution in [2.24, 2.45) is 5.92 Å². The van der Waals surface area contributed by atoms with Gasteiger partial charge in [-0.1, -0.05) is 26.0 Å². The number of imidazole rings is 1. The van der Waals surface area contributed by atoms with Crippen LogP contribution in [0.1, 0.15) is 56.3 Å². The number of nitrogens with zero attached hydrogens (tertiary/aromatic N) is 4. The van der Waals surface area contributed by atoms with Gasteiger partial charge in [0.2, 0.25) is 11.8 Å². The summed E-state index contributed by atoms with van der Waals surface area (Å²) in [5.74, 6) is -0.369. The van der Waals surface area contributed by atoms with Crippen LogP contribution in [-0.4, -0.2) is 68.1 Å². The van der Waals surface area contributed by atoms with Gasteiger partial charge in [0.05, 0.1) is 12.1 Å². The fourth-order valence-corrected chi connectivity index (χ4v) is 4.79. The molecule has 0 aliphatic carbocycles. The Labute approximate surface area is 220 Å². The van der Waals surface area contributed by atoms with E-state index in [-0.39, 0.29) is 55.0 Å². The molecule has 4 atom stereocenters. The molecule has 2 amide bonds.